The van der Waals surface area contributed by atoms with Gasteiger partial charge in [-0.05, 0) is 30.3 Å². The highest BCUT2D eigenvalue weighted by molar-refractivity contribution is 7.80. The van der Waals surface area contributed by atoms with Gasteiger partial charge in [-0.3, -0.25) is 4.90 Å². The average Bonchev–Trinajstić information content (AvgIpc) is 2.79. The lowest BCUT2D eigenvalue weighted by Gasteiger charge is -2.36. The summed E-state index contributed by atoms with van der Waals surface area (Å²) < 4.78 is 16.5. The van der Waals surface area contributed by atoms with Gasteiger partial charge in [-0.25, -0.2) is 0 Å². The molecule has 0 aliphatic carbocycles. The Kier molecular flexibility index (Phi) is 8.16. The van der Waals surface area contributed by atoms with Crippen LogP contribution in [0.1, 0.15) is 11.1 Å². The summed E-state index contributed by atoms with van der Waals surface area (Å²) in [5.74, 6) is 2.05. The third-order valence-corrected chi connectivity index (χ3v) is 5.77. The zero-order valence-electron chi connectivity index (χ0n) is 18.0. The quantitative estimate of drug-likeness (QED) is 0.648. The molecule has 1 saturated heterocycles. The van der Waals surface area contributed by atoms with Crippen LogP contribution in [-0.2, 0) is 13.0 Å². The molecule has 0 bridgehead atoms. The van der Waals surface area contributed by atoms with Gasteiger partial charge in [0.1, 0.15) is 0 Å². The van der Waals surface area contributed by atoms with E-state index in [0.29, 0.717) is 11.5 Å². The van der Waals surface area contributed by atoms with E-state index in [1.165, 1.54) is 5.56 Å². The highest BCUT2D eigenvalue weighted by Gasteiger charge is 2.22. The molecule has 1 aliphatic rings. The van der Waals surface area contributed by atoms with Gasteiger partial charge in [0.15, 0.2) is 16.6 Å². The number of rotatable bonds is 8. The van der Waals surface area contributed by atoms with E-state index in [1.54, 1.807) is 21.3 Å². The van der Waals surface area contributed by atoms with Gasteiger partial charge in [-0.1, -0.05) is 36.4 Å². The molecule has 0 radical (unpaired) electrons. The topological polar surface area (TPSA) is 46.2 Å². The molecule has 0 atom stereocenters. The fraction of sp³-hybridized carbons (Fsp3) is 0.435. The summed E-state index contributed by atoms with van der Waals surface area (Å²) in [5, 5.41) is 4.24. The van der Waals surface area contributed by atoms with E-state index in [-0.39, 0.29) is 0 Å². The van der Waals surface area contributed by atoms with Crippen LogP contribution in [0.25, 0.3) is 0 Å². The summed E-state index contributed by atoms with van der Waals surface area (Å²) in [6.45, 7) is 5.35. The molecule has 6 nitrogen and oxygen atoms in total. The van der Waals surface area contributed by atoms with Crippen LogP contribution >= 0.6 is 12.2 Å². The van der Waals surface area contributed by atoms with Gasteiger partial charge in [0.05, 0.1) is 21.3 Å². The van der Waals surface area contributed by atoms with Crippen LogP contribution in [0.5, 0.6) is 17.2 Å². The van der Waals surface area contributed by atoms with Crippen LogP contribution in [0, 0.1) is 0 Å². The number of nitrogens with one attached hydrogen (secondary N) is 1. The first-order valence-electron chi connectivity index (χ1n) is 10.2. The predicted molar refractivity (Wildman–Crippen MR) is 124 cm³/mol. The van der Waals surface area contributed by atoms with Gasteiger partial charge in [0.25, 0.3) is 0 Å². The van der Waals surface area contributed by atoms with Crippen LogP contribution in [-0.4, -0.2) is 69.0 Å². The Morgan fingerprint density at radius 1 is 0.900 bits per heavy atom. The molecule has 1 heterocycles. The number of benzene rings is 2. The number of ether oxygens (including phenoxy) is 3. The molecule has 2 aromatic rings. The van der Waals surface area contributed by atoms with E-state index < -0.39 is 0 Å². The van der Waals surface area contributed by atoms with Crippen molar-refractivity contribution in [1.82, 2.24) is 15.1 Å². The van der Waals surface area contributed by atoms with Gasteiger partial charge in [-0.2, -0.15) is 0 Å². The molecule has 162 valence electrons. The first-order valence-corrected chi connectivity index (χ1v) is 10.6. The zero-order valence-corrected chi connectivity index (χ0v) is 18.8. The molecule has 3 rings (SSSR count). The highest BCUT2D eigenvalue weighted by Crippen LogP contribution is 2.40. The summed E-state index contributed by atoms with van der Waals surface area (Å²) in [4.78, 5) is 4.66. The largest absolute Gasteiger partial charge is 0.493 e. The maximum atomic E-state index is 5.62. The Bertz CT molecular complexity index is 824. The summed E-state index contributed by atoms with van der Waals surface area (Å²) in [5.41, 5.74) is 2.41. The van der Waals surface area contributed by atoms with Crippen molar-refractivity contribution in [3.8, 4) is 17.2 Å². The summed E-state index contributed by atoms with van der Waals surface area (Å²) >= 11 is 5.60. The van der Waals surface area contributed by atoms with E-state index in [1.807, 2.05) is 18.2 Å². The van der Waals surface area contributed by atoms with Crippen LogP contribution in [0.3, 0.4) is 0 Å². The van der Waals surface area contributed by atoms with Crippen molar-refractivity contribution in [2.75, 3.05) is 54.1 Å². The van der Waals surface area contributed by atoms with E-state index in [9.17, 15) is 0 Å². The molecule has 0 spiro atoms. The fourth-order valence-corrected chi connectivity index (χ4v) is 3.99. The first-order chi connectivity index (χ1) is 14.7. The molecule has 7 heteroatoms. The van der Waals surface area contributed by atoms with E-state index in [2.05, 4.69) is 39.4 Å². The minimum atomic E-state index is 0.639. The number of hydrogen-bond acceptors (Lipinski definition) is 5. The molecule has 0 amide bonds. The van der Waals surface area contributed by atoms with Crippen molar-refractivity contribution in [3.05, 3.63) is 53.6 Å². The lowest BCUT2D eigenvalue weighted by Crippen LogP contribution is -2.51. The second-order valence-electron chi connectivity index (χ2n) is 7.22. The summed E-state index contributed by atoms with van der Waals surface area (Å²) in [6.07, 6.45) is 0.972. The smallest absolute Gasteiger partial charge is 0.203 e. The van der Waals surface area contributed by atoms with Crippen molar-refractivity contribution < 1.29 is 14.2 Å². The Balaban J connectivity index is 1.49. The van der Waals surface area contributed by atoms with E-state index in [4.69, 9.17) is 26.4 Å². The molecule has 0 unspecified atom stereocenters. The number of nitrogens with zero attached hydrogens (tertiary/aromatic N) is 2. The van der Waals surface area contributed by atoms with Gasteiger partial charge in [0.2, 0.25) is 5.75 Å². The summed E-state index contributed by atoms with van der Waals surface area (Å²) in [6, 6.07) is 14.4. The minimum absolute atomic E-state index is 0.639. The normalized spacial score (nSPS) is 14.3. The van der Waals surface area contributed by atoms with E-state index in [0.717, 1.165) is 62.1 Å². The van der Waals surface area contributed by atoms with E-state index >= 15 is 0 Å². The zero-order chi connectivity index (χ0) is 21.3. The maximum absolute atomic E-state index is 5.62. The minimum Gasteiger partial charge on any atom is -0.493 e. The summed E-state index contributed by atoms with van der Waals surface area (Å²) in [7, 11) is 4.93. The van der Waals surface area contributed by atoms with Crippen LogP contribution in [0.15, 0.2) is 42.5 Å². The third-order valence-electron chi connectivity index (χ3n) is 5.37. The fourth-order valence-electron chi connectivity index (χ4n) is 3.71. The molecule has 30 heavy (non-hydrogen) atoms. The Morgan fingerprint density at radius 3 is 2.23 bits per heavy atom. The predicted octanol–water partition coefficient (Wildman–Crippen LogP) is 2.95. The van der Waals surface area contributed by atoms with Gasteiger partial charge in [0, 0.05) is 44.8 Å². The van der Waals surface area contributed by atoms with Gasteiger partial charge < -0.3 is 24.4 Å². The van der Waals surface area contributed by atoms with Crippen molar-refractivity contribution in [1.29, 1.82) is 0 Å². The SMILES string of the molecule is COc1ccc(CN2CCN(C(=S)NCCc3ccccc3)CC2)c(OC)c1OC. The lowest BCUT2D eigenvalue weighted by molar-refractivity contribution is 0.172. The Hall–Kier alpha value is -2.51. The lowest BCUT2D eigenvalue weighted by atomic mass is 10.1. The third kappa shape index (κ3) is 5.55. The van der Waals surface area contributed by atoms with Crippen LogP contribution < -0.4 is 19.5 Å². The monoisotopic (exact) mass is 429 g/mol. The van der Waals surface area contributed by atoms with Crippen molar-refractivity contribution >= 4 is 17.3 Å². The second-order valence-corrected chi connectivity index (χ2v) is 7.61. The van der Waals surface area contributed by atoms with Crippen LogP contribution in [0.4, 0.5) is 0 Å². The molecule has 2 aromatic carbocycles. The molecule has 1 aliphatic heterocycles. The maximum Gasteiger partial charge on any atom is 0.203 e. The molecule has 1 N–H and O–H groups in total. The van der Waals surface area contributed by atoms with Crippen LogP contribution in [0.2, 0.25) is 0 Å². The van der Waals surface area contributed by atoms with Crippen molar-refractivity contribution in [2.24, 2.45) is 0 Å². The standard InChI is InChI=1S/C23H31N3O3S/c1-27-20-10-9-19(21(28-2)22(20)29-3)17-25-13-15-26(16-14-25)23(30)24-12-11-18-7-5-4-6-8-18/h4-10H,11-17H2,1-3H3,(H,24,30). The molecular formula is C23H31N3O3S. The molecule has 1 fully saturated rings. The number of piperazine rings is 1. The molecule has 0 aromatic heterocycles. The number of methoxy groups -OCH3 is 3. The molecule has 0 saturated carbocycles. The van der Waals surface area contributed by atoms with Gasteiger partial charge in [-0.15, -0.1) is 0 Å². The second kappa shape index (κ2) is 11.0. The Morgan fingerprint density at radius 2 is 1.60 bits per heavy atom. The van der Waals surface area contributed by atoms with Crippen molar-refractivity contribution in [3.63, 3.8) is 0 Å². The van der Waals surface area contributed by atoms with Gasteiger partial charge >= 0.3 is 0 Å². The number of thiocarbonyl (C=S) groups is 1. The average molecular weight is 430 g/mol. The first kappa shape index (κ1) is 22.2. The molecular weight excluding hydrogens is 398 g/mol. The Labute approximate surface area is 184 Å². The number of hydrogen-bond donors (Lipinski definition) is 1. The highest BCUT2D eigenvalue weighted by atomic mass is 32.1. The van der Waals surface area contributed by atoms with Crippen molar-refractivity contribution in [2.45, 2.75) is 13.0 Å².